The molecule has 4 aromatic carbocycles. The summed E-state index contributed by atoms with van der Waals surface area (Å²) in [7, 11) is 0. The lowest BCUT2D eigenvalue weighted by Gasteiger charge is -2.18. The number of aliphatic carboxylic acids is 1. The summed E-state index contributed by atoms with van der Waals surface area (Å²) in [4.78, 5) is 24.4. The number of carbonyl (C=O) groups is 2. The van der Waals surface area contributed by atoms with Gasteiger partial charge in [-0.1, -0.05) is 78.9 Å². The number of amides is 1. The van der Waals surface area contributed by atoms with Crippen molar-refractivity contribution in [2.24, 2.45) is 0 Å². The molecule has 1 amide bonds. The number of carbonyl (C=O) groups excluding carboxylic acids is 1. The number of carboxylic acids is 1. The molecule has 0 radical (unpaired) electrons. The molecule has 0 saturated carbocycles. The minimum Gasteiger partial charge on any atom is -0.489 e. The highest BCUT2D eigenvalue weighted by atomic mass is 19.1. The van der Waals surface area contributed by atoms with Gasteiger partial charge >= 0.3 is 12.1 Å². The van der Waals surface area contributed by atoms with Crippen LogP contribution in [0.1, 0.15) is 28.2 Å². The number of hydrogen-bond acceptors (Lipinski definition) is 4. The lowest BCUT2D eigenvalue weighted by molar-refractivity contribution is -0.139. The molecule has 0 bridgehead atoms. The maximum Gasteiger partial charge on any atom is 0.407 e. The van der Waals surface area contributed by atoms with Crippen LogP contribution in [0.3, 0.4) is 0 Å². The molecule has 198 valence electrons. The van der Waals surface area contributed by atoms with E-state index in [1.807, 2.05) is 78.9 Å². The fraction of sp³-hybridized carbons (Fsp3) is 0.161. The molecule has 6 nitrogen and oxygen atoms in total. The summed E-state index contributed by atoms with van der Waals surface area (Å²) in [6.07, 6.45) is -1.61. The summed E-state index contributed by atoms with van der Waals surface area (Å²) in [5.41, 5.74) is 4.44. The van der Waals surface area contributed by atoms with E-state index in [1.54, 1.807) is 0 Å². The van der Waals surface area contributed by atoms with Crippen LogP contribution in [0.2, 0.25) is 0 Å². The summed E-state index contributed by atoms with van der Waals surface area (Å²) < 4.78 is 40.4. The first-order valence-corrected chi connectivity index (χ1v) is 12.4. The molecular formula is C31H25F2NO5. The van der Waals surface area contributed by atoms with Crippen LogP contribution in [-0.4, -0.2) is 29.8 Å². The maximum atomic E-state index is 14.8. The van der Waals surface area contributed by atoms with E-state index in [2.05, 4.69) is 5.32 Å². The van der Waals surface area contributed by atoms with Crippen LogP contribution < -0.4 is 10.1 Å². The molecule has 0 saturated heterocycles. The Morgan fingerprint density at radius 2 is 1.41 bits per heavy atom. The van der Waals surface area contributed by atoms with Gasteiger partial charge in [-0.15, -0.1) is 0 Å². The molecule has 0 fully saturated rings. The predicted molar refractivity (Wildman–Crippen MR) is 140 cm³/mol. The summed E-state index contributed by atoms with van der Waals surface area (Å²) in [5, 5.41) is 11.9. The summed E-state index contributed by atoms with van der Waals surface area (Å²) in [5.74, 6) is -3.65. The number of alkyl carbamates (subject to hydrolysis) is 1. The third-order valence-electron chi connectivity index (χ3n) is 6.70. The average Bonchev–Trinajstić information content (AvgIpc) is 3.26. The number of hydrogen-bond donors (Lipinski definition) is 2. The number of fused-ring (bicyclic) bond motifs is 3. The Bertz CT molecular complexity index is 1440. The number of halogens is 2. The Kier molecular flexibility index (Phi) is 7.54. The Hall–Kier alpha value is -4.72. The second kappa shape index (κ2) is 11.3. The highest BCUT2D eigenvalue weighted by molar-refractivity contribution is 5.81. The smallest absolute Gasteiger partial charge is 0.407 e. The Labute approximate surface area is 223 Å². The number of ether oxygens (including phenoxy) is 2. The zero-order chi connectivity index (χ0) is 27.4. The van der Waals surface area contributed by atoms with Crippen molar-refractivity contribution in [2.75, 3.05) is 6.61 Å². The van der Waals surface area contributed by atoms with Gasteiger partial charge in [0.05, 0.1) is 0 Å². The van der Waals surface area contributed by atoms with E-state index in [0.717, 1.165) is 39.9 Å². The number of benzene rings is 4. The third kappa shape index (κ3) is 5.75. The Morgan fingerprint density at radius 3 is 2.00 bits per heavy atom. The van der Waals surface area contributed by atoms with Gasteiger partial charge in [0.1, 0.15) is 36.6 Å². The lowest BCUT2D eigenvalue weighted by Crippen LogP contribution is -2.43. The van der Waals surface area contributed by atoms with Gasteiger partial charge < -0.3 is 19.9 Å². The first kappa shape index (κ1) is 25.9. The molecule has 0 spiro atoms. The van der Waals surface area contributed by atoms with E-state index in [1.165, 1.54) is 0 Å². The van der Waals surface area contributed by atoms with Gasteiger partial charge in [0.2, 0.25) is 0 Å². The van der Waals surface area contributed by atoms with Crippen LogP contribution in [0.4, 0.5) is 13.6 Å². The highest BCUT2D eigenvalue weighted by Crippen LogP contribution is 2.44. The molecule has 5 rings (SSSR count). The van der Waals surface area contributed by atoms with Crippen LogP contribution in [-0.2, 0) is 22.6 Å². The van der Waals surface area contributed by atoms with E-state index in [4.69, 9.17) is 9.47 Å². The van der Waals surface area contributed by atoms with Crippen molar-refractivity contribution < 1.29 is 33.0 Å². The molecule has 8 heteroatoms. The minimum absolute atomic E-state index is 0.0254. The van der Waals surface area contributed by atoms with Crippen molar-refractivity contribution in [3.8, 4) is 16.9 Å². The number of nitrogens with one attached hydrogen (secondary N) is 1. The Balaban J connectivity index is 1.23. The molecule has 0 aliphatic heterocycles. The molecule has 1 aliphatic carbocycles. The normalized spacial score (nSPS) is 12.8. The zero-order valence-corrected chi connectivity index (χ0v) is 20.8. The topological polar surface area (TPSA) is 84.9 Å². The predicted octanol–water partition coefficient (Wildman–Crippen LogP) is 6.08. The third-order valence-corrected chi connectivity index (χ3v) is 6.70. The number of carboxylic acid groups (broad SMARTS) is 1. The van der Waals surface area contributed by atoms with E-state index < -0.39 is 41.7 Å². The quantitative estimate of drug-likeness (QED) is 0.275. The van der Waals surface area contributed by atoms with Gasteiger partial charge in [-0.2, -0.15) is 0 Å². The molecule has 0 heterocycles. The molecule has 1 aliphatic rings. The Morgan fingerprint density at radius 1 is 0.846 bits per heavy atom. The second-order valence-corrected chi connectivity index (χ2v) is 9.20. The van der Waals surface area contributed by atoms with Crippen molar-refractivity contribution in [3.05, 3.63) is 125 Å². The van der Waals surface area contributed by atoms with Gasteiger partial charge in [0.15, 0.2) is 0 Å². The molecular weight excluding hydrogens is 504 g/mol. The number of rotatable bonds is 9. The van der Waals surface area contributed by atoms with Crippen LogP contribution >= 0.6 is 0 Å². The zero-order valence-electron chi connectivity index (χ0n) is 20.8. The maximum absolute atomic E-state index is 14.8. The van der Waals surface area contributed by atoms with Crippen molar-refractivity contribution in [2.45, 2.75) is 25.0 Å². The fourth-order valence-electron chi connectivity index (χ4n) is 4.79. The van der Waals surface area contributed by atoms with Crippen LogP contribution in [0.5, 0.6) is 5.75 Å². The van der Waals surface area contributed by atoms with E-state index in [9.17, 15) is 23.5 Å². The molecule has 1 unspecified atom stereocenters. The van der Waals surface area contributed by atoms with E-state index in [-0.39, 0.29) is 24.9 Å². The summed E-state index contributed by atoms with van der Waals surface area (Å²) in [6.45, 7) is 0.0858. The highest BCUT2D eigenvalue weighted by Gasteiger charge is 2.30. The standard InChI is InChI=1S/C31H25F2NO5/c32-27-14-20(38-17-19-8-2-1-3-9-19)15-28(33)25(27)16-29(30(35)36)34-31(37)39-18-26-23-12-6-4-10-21(23)22-11-5-7-13-24(22)26/h1-15,26,29H,16-18H2,(H,34,37)(H,35,36). The van der Waals surface area contributed by atoms with Gasteiger partial charge in [-0.25, -0.2) is 18.4 Å². The molecule has 1 atom stereocenters. The lowest BCUT2D eigenvalue weighted by atomic mass is 9.98. The largest absolute Gasteiger partial charge is 0.489 e. The van der Waals surface area contributed by atoms with Crippen LogP contribution in [0, 0.1) is 11.6 Å². The first-order valence-electron chi connectivity index (χ1n) is 12.4. The molecule has 0 aromatic heterocycles. The van der Waals surface area contributed by atoms with E-state index in [0.29, 0.717) is 0 Å². The van der Waals surface area contributed by atoms with Crippen molar-refractivity contribution >= 4 is 12.1 Å². The molecule has 2 N–H and O–H groups in total. The van der Waals surface area contributed by atoms with Gasteiger partial charge in [0.25, 0.3) is 0 Å². The van der Waals surface area contributed by atoms with Crippen LogP contribution in [0.25, 0.3) is 11.1 Å². The second-order valence-electron chi connectivity index (χ2n) is 9.20. The van der Waals surface area contributed by atoms with Crippen molar-refractivity contribution in [1.29, 1.82) is 0 Å². The molecule has 4 aromatic rings. The van der Waals surface area contributed by atoms with Gasteiger partial charge in [-0.3, -0.25) is 0 Å². The molecule has 39 heavy (non-hydrogen) atoms. The average molecular weight is 530 g/mol. The van der Waals surface area contributed by atoms with E-state index >= 15 is 0 Å². The van der Waals surface area contributed by atoms with Crippen molar-refractivity contribution in [1.82, 2.24) is 5.32 Å². The van der Waals surface area contributed by atoms with Gasteiger partial charge in [-0.05, 0) is 27.8 Å². The summed E-state index contributed by atoms with van der Waals surface area (Å²) >= 11 is 0. The van der Waals surface area contributed by atoms with Crippen molar-refractivity contribution in [3.63, 3.8) is 0 Å². The fourth-order valence-corrected chi connectivity index (χ4v) is 4.79. The van der Waals surface area contributed by atoms with Crippen LogP contribution in [0.15, 0.2) is 91.0 Å². The first-order chi connectivity index (χ1) is 18.9. The minimum atomic E-state index is -1.61. The van der Waals surface area contributed by atoms with Gasteiger partial charge in [0, 0.05) is 30.0 Å². The SMILES string of the molecule is O=C(NC(Cc1c(F)cc(OCc2ccccc2)cc1F)C(=O)O)OCC1c2ccccc2-c2ccccc21. The summed E-state index contributed by atoms with van der Waals surface area (Å²) in [6, 6.07) is 25.1. The monoisotopic (exact) mass is 529 g/mol.